The molecule has 0 spiro atoms. The van der Waals surface area contributed by atoms with Crippen LogP contribution >= 0.6 is 0 Å². The summed E-state index contributed by atoms with van der Waals surface area (Å²) in [5.41, 5.74) is 1.25. The molecule has 2 aromatic rings. The van der Waals surface area contributed by atoms with E-state index in [2.05, 4.69) is 10.3 Å². The number of anilines is 1. The zero-order valence-corrected chi connectivity index (χ0v) is 11.5. The first-order valence-corrected chi connectivity index (χ1v) is 6.41. The number of amides is 1. The molecule has 0 aliphatic rings. The molecule has 20 heavy (non-hydrogen) atoms. The maximum atomic E-state index is 12.0. The van der Waals surface area contributed by atoms with Gasteiger partial charge in [-0.3, -0.25) is 4.79 Å². The molecule has 2 rings (SSSR count). The highest BCUT2D eigenvalue weighted by atomic mass is 16.1. The Balaban J connectivity index is 2.01. The van der Waals surface area contributed by atoms with Crippen molar-refractivity contribution in [2.75, 3.05) is 5.32 Å². The lowest BCUT2D eigenvalue weighted by atomic mass is 10.2. The monoisotopic (exact) mass is 268 g/mol. The van der Waals surface area contributed by atoms with Crippen LogP contribution < -0.4 is 5.32 Å². The van der Waals surface area contributed by atoms with E-state index < -0.39 is 0 Å². The third-order valence-corrected chi connectivity index (χ3v) is 2.88. The van der Waals surface area contributed by atoms with Crippen LogP contribution in [0.5, 0.6) is 0 Å². The van der Waals surface area contributed by atoms with E-state index in [-0.39, 0.29) is 18.4 Å². The fourth-order valence-electron chi connectivity index (χ4n) is 1.94. The first-order chi connectivity index (χ1) is 9.60. The third-order valence-electron chi connectivity index (χ3n) is 2.88. The van der Waals surface area contributed by atoms with Crippen LogP contribution in [0.1, 0.15) is 31.2 Å². The Hall–Kier alpha value is -2.61. The summed E-state index contributed by atoms with van der Waals surface area (Å²) in [6, 6.07) is 8.82. The van der Waals surface area contributed by atoms with Gasteiger partial charge in [0, 0.05) is 24.0 Å². The summed E-state index contributed by atoms with van der Waals surface area (Å²) in [6.45, 7) is 4.31. The van der Waals surface area contributed by atoms with Crippen molar-refractivity contribution in [3.05, 3.63) is 48.0 Å². The second-order valence-corrected chi connectivity index (χ2v) is 4.81. The minimum Gasteiger partial charge on any atom is -0.325 e. The number of nitriles is 1. The van der Waals surface area contributed by atoms with Crippen molar-refractivity contribution in [3.63, 3.8) is 0 Å². The van der Waals surface area contributed by atoms with Gasteiger partial charge in [0.1, 0.15) is 12.4 Å². The van der Waals surface area contributed by atoms with Crippen molar-refractivity contribution in [1.82, 2.24) is 9.55 Å². The zero-order valence-electron chi connectivity index (χ0n) is 11.5. The second-order valence-electron chi connectivity index (χ2n) is 4.81. The number of rotatable bonds is 4. The minimum atomic E-state index is -0.116. The van der Waals surface area contributed by atoms with E-state index >= 15 is 0 Å². The molecule has 1 aromatic heterocycles. The number of nitrogens with one attached hydrogen (secondary N) is 1. The first kappa shape index (κ1) is 13.8. The van der Waals surface area contributed by atoms with Crippen LogP contribution in [0.15, 0.2) is 36.7 Å². The smallest absolute Gasteiger partial charge is 0.244 e. The van der Waals surface area contributed by atoms with Gasteiger partial charge in [0.05, 0.1) is 11.6 Å². The Morgan fingerprint density at radius 1 is 1.40 bits per heavy atom. The van der Waals surface area contributed by atoms with Gasteiger partial charge in [0.15, 0.2) is 0 Å². The summed E-state index contributed by atoms with van der Waals surface area (Å²) in [6.07, 6.45) is 3.50. The van der Waals surface area contributed by atoms with Gasteiger partial charge >= 0.3 is 0 Å². The Kier molecular flexibility index (Phi) is 4.16. The number of hydrogen-bond acceptors (Lipinski definition) is 3. The lowest BCUT2D eigenvalue weighted by molar-refractivity contribution is -0.116. The fraction of sp³-hybridized carbons (Fsp3) is 0.267. The minimum absolute atomic E-state index is 0.116. The predicted molar refractivity (Wildman–Crippen MR) is 76.1 cm³/mol. The van der Waals surface area contributed by atoms with Crippen molar-refractivity contribution in [2.24, 2.45) is 0 Å². The van der Waals surface area contributed by atoms with Gasteiger partial charge in [-0.05, 0) is 24.3 Å². The van der Waals surface area contributed by atoms with E-state index in [1.807, 2.05) is 24.5 Å². The molecule has 1 heterocycles. The van der Waals surface area contributed by atoms with Gasteiger partial charge in [0.2, 0.25) is 5.91 Å². The third kappa shape index (κ3) is 3.23. The molecule has 102 valence electrons. The van der Waals surface area contributed by atoms with Crippen molar-refractivity contribution in [2.45, 2.75) is 26.3 Å². The van der Waals surface area contributed by atoms with Crippen LogP contribution in [0.4, 0.5) is 5.69 Å². The average molecular weight is 268 g/mol. The van der Waals surface area contributed by atoms with Gasteiger partial charge in [-0.2, -0.15) is 5.26 Å². The van der Waals surface area contributed by atoms with Crippen LogP contribution in [-0.4, -0.2) is 15.5 Å². The first-order valence-electron chi connectivity index (χ1n) is 6.41. The molecule has 0 saturated heterocycles. The summed E-state index contributed by atoms with van der Waals surface area (Å²) in [7, 11) is 0. The molecule has 1 N–H and O–H groups in total. The predicted octanol–water partition coefficient (Wildman–Crippen LogP) is 2.52. The quantitative estimate of drug-likeness (QED) is 0.926. The molecular formula is C15H16N4O. The van der Waals surface area contributed by atoms with Crippen LogP contribution in [0, 0.1) is 11.3 Å². The Morgan fingerprint density at radius 2 is 2.10 bits per heavy atom. The molecular weight excluding hydrogens is 252 g/mol. The van der Waals surface area contributed by atoms with Crippen LogP contribution in [0.3, 0.4) is 0 Å². The van der Waals surface area contributed by atoms with E-state index in [1.54, 1.807) is 36.7 Å². The molecule has 5 heteroatoms. The number of imidazole rings is 1. The number of hydrogen-bond donors (Lipinski definition) is 1. The summed E-state index contributed by atoms with van der Waals surface area (Å²) in [5.74, 6) is 1.04. The van der Waals surface area contributed by atoms with Crippen LogP contribution in [0.25, 0.3) is 0 Å². The molecule has 5 nitrogen and oxygen atoms in total. The van der Waals surface area contributed by atoms with Gasteiger partial charge in [-0.1, -0.05) is 13.8 Å². The van der Waals surface area contributed by atoms with E-state index in [4.69, 9.17) is 5.26 Å². The Labute approximate surface area is 117 Å². The second kappa shape index (κ2) is 6.02. The highest BCUT2D eigenvalue weighted by Crippen LogP contribution is 2.12. The number of aromatic nitrogens is 2. The molecule has 0 aliphatic carbocycles. The summed E-state index contributed by atoms with van der Waals surface area (Å²) >= 11 is 0. The van der Waals surface area contributed by atoms with E-state index in [0.717, 1.165) is 5.82 Å². The average Bonchev–Trinajstić information content (AvgIpc) is 2.87. The molecule has 0 radical (unpaired) electrons. The Bertz CT molecular complexity index is 635. The van der Waals surface area contributed by atoms with E-state index in [1.165, 1.54) is 0 Å². The molecule has 1 amide bonds. The van der Waals surface area contributed by atoms with Crippen LogP contribution in [0.2, 0.25) is 0 Å². The Morgan fingerprint density at radius 3 is 2.70 bits per heavy atom. The number of carbonyl (C=O) groups excluding carboxylic acids is 1. The fourth-order valence-corrected chi connectivity index (χ4v) is 1.94. The van der Waals surface area contributed by atoms with Gasteiger partial charge in [-0.15, -0.1) is 0 Å². The molecule has 0 aliphatic heterocycles. The number of carbonyl (C=O) groups is 1. The van der Waals surface area contributed by atoms with Gasteiger partial charge in [-0.25, -0.2) is 4.98 Å². The van der Waals surface area contributed by atoms with Crippen molar-refractivity contribution >= 4 is 11.6 Å². The number of benzene rings is 1. The molecule has 0 unspecified atom stereocenters. The molecule has 0 atom stereocenters. The maximum Gasteiger partial charge on any atom is 0.244 e. The molecule has 1 aromatic carbocycles. The number of nitrogens with zero attached hydrogens (tertiary/aromatic N) is 3. The van der Waals surface area contributed by atoms with E-state index in [0.29, 0.717) is 11.3 Å². The zero-order chi connectivity index (χ0) is 14.5. The SMILES string of the molecule is CC(C)c1nccn1CC(=O)Nc1ccc(C#N)cc1. The molecule has 0 fully saturated rings. The lowest BCUT2D eigenvalue weighted by Gasteiger charge is -2.10. The highest BCUT2D eigenvalue weighted by molar-refractivity contribution is 5.90. The standard InChI is InChI=1S/C15H16N4O/c1-11(2)15-17-7-8-19(15)10-14(20)18-13-5-3-12(9-16)4-6-13/h3-8,11H,10H2,1-2H3,(H,18,20). The van der Waals surface area contributed by atoms with Gasteiger partial charge in [0.25, 0.3) is 0 Å². The topological polar surface area (TPSA) is 70.7 Å². The summed E-state index contributed by atoms with van der Waals surface area (Å²) in [4.78, 5) is 16.2. The van der Waals surface area contributed by atoms with Crippen molar-refractivity contribution in [3.8, 4) is 6.07 Å². The van der Waals surface area contributed by atoms with Gasteiger partial charge < -0.3 is 9.88 Å². The summed E-state index contributed by atoms with van der Waals surface area (Å²) in [5, 5.41) is 11.5. The largest absolute Gasteiger partial charge is 0.325 e. The van der Waals surface area contributed by atoms with Crippen LogP contribution in [-0.2, 0) is 11.3 Å². The van der Waals surface area contributed by atoms with Crippen molar-refractivity contribution in [1.29, 1.82) is 5.26 Å². The molecule has 0 saturated carbocycles. The van der Waals surface area contributed by atoms with E-state index in [9.17, 15) is 4.79 Å². The normalized spacial score (nSPS) is 10.3. The maximum absolute atomic E-state index is 12.0. The lowest BCUT2D eigenvalue weighted by Crippen LogP contribution is -2.20. The summed E-state index contributed by atoms with van der Waals surface area (Å²) < 4.78 is 1.84. The van der Waals surface area contributed by atoms with Crippen molar-refractivity contribution < 1.29 is 4.79 Å². The molecule has 0 bridgehead atoms. The highest BCUT2D eigenvalue weighted by Gasteiger charge is 2.10.